The highest BCUT2D eigenvalue weighted by molar-refractivity contribution is 7.19. The summed E-state index contributed by atoms with van der Waals surface area (Å²) in [6, 6.07) is 15.4. The Balaban J connectivity index is 1.95. The van der Waals surface area contributed by atoms with Crippen LogP contribution >= 0.6 is 22.9 Å². The SMILES string of the molecule is CCc1sc2nc(C)n(Cc3cccc(C#N)c3)c(=O)c2c1-c1ccc(Cl)c(C)c1. The summed E-state index contributed by atoms with van der Waals surface area (Å²) >= 11 is 7.81. The Hall–Kier alpha value is -2.94. The minimum Gasteiger partial charge on any atom is -0.292 e. The van der Waals surface area contributed by atoms with Gasteiger partial charge in [-0.25, -0.2) is 4.98 Å². The molecule has 4 rings (SSSR count). The van der Waals surface area contributed by atoms with E-state index in [9.17, 15) is 10.1 Å². The molecule has 2 heterocycles. The molecule has 0 aliphatic carbocycles. The van der Waals surface area contributed by atoms with Crippen LogP contribution in [0.5, 0.6) is 0 Å². The van der Waals surface area contributed by atoms with Crippen LogP contribution in [0.1, 0.15) is 34.3 Å². The second-order valence-electron chi connectivity index (χ2n) is 7.26. The Morgan fingerprint density at radius 2 is 2.00 bits per heavy atom. The molecule has 2 aromatic heterocycles. The van der Waals surface area contributed by atoms with E-state index in [1.807, 2.05) is 50.2 Å². The van der Waals surface area contributed by atoms with Gasteiger partial charge in [-0.1, -0.05) is 36.7 Å². The molecule has 0 bridgehead atoms. The standard InChI is InChI=1S/C24H20ClN3OS/c1-4-20-21(18-8-9-19(25)14(2)10-18)22-23(30-20)27-15(3)28(24(22)29)13-17-7-5-6-16(11-17)12-26/h5-11H,4,13H2,1-3H3. The van der Waals surface area contributed by atoms with Crippen LogP contribution in [-0.2, 0) is 13.0 Å². The largest absolute Gasteiger partial charge is 0.292 e. The van der Waals surface area contributed by atoms with Crippen molar-refractivity contribution in [3.05, 3.63) is 85.2 Å². The van der Waals surface area contributed by atoms with Crippen molar-refractivity contribution < 1.29 is 0 Å². The summed E-state index contributed by atoms with van der Waals surface area (Å²) < 4.78 is 1.69. The summed E-state index contributed by atoms with van der Waals surface area (Å²) in [5.41, 5.74) is 4.33. The Bertz CT molecular complexity index is 1380. The minimum atomic E-state index is -0.0570. The van der Waals surface area contributed by atoms with Gasteiger partial charge in [0.05, 0.1) is 23.6 Å². The van der Waals surface area contributed by atoms with Crippen molar-refractivity contribution in [2.45, 2.75) is 33.7 Å². The molecule has 0 saturated carbocycles. The number of aryl methyl sites for hydroxylation is 3. The number of thiophene rings is 1. The predicted molar refractivity (Wildman–Crippen MR) is 123 cm³/mol. The lowest BCUT2D eigenvalue weighted by Gasteiger charge is -2.11. The van der Waals surface area contributed by atoms with E-state index in [1.54, 1.807) is 22.0 Å². The molecule has 150 valence electrons. The van der Waals surface area contributed by atoms with Gasteiger partial charge in [-0.3, -0.25) is 9.36 Å². The van der Waals surface area contributed by atoms with Crippen LogP contribution in [0.2, 0.25) is 5.02 Å². The average Bonchev–Trinajstić information content (AvgIpc) is 3.11. The molecule has 0 atom stereocenters. The first kappa shape index (κ1) is 20.3. The first-order chi connectivity index (χ1) is 14.4. The molecule has 4 nitrogen and oxygen atoms in total. The maximum atomic E-state index is 13.6. The zero-order chi connectivity index (χ0) is 21.4. The molecule has 6 heteroatoms. The molecule has 0 amide bonds. The molecule has 0 N–H and O–H groups in total. The fraction of sp³-hybridized carbons (Fsp3) is 0.208. The highest BCUT2D eigenvalue weighted by Crippen LogP contribution is 2.38. The Kier molecular flexibility index (Phi) is 5.46. The zero-order valence-electron chi connectivity index (χ0n) is 17.0. The molecule has 2 aromatic carbocycles. The molecule has 30 heavy (non-hydrogen) atoms. The van der Waals surface area contributed by atoms with Crippen molar-refractivity contribution in [1.82, 2.24) is 9.55 Å². The normalized spacial score (nSPS) is 11.0. The maximum Gasteiger partial charge on any atom is 0.263 e. The quantitative estimate of drug-likeness (QED) is 0.404. The fourth-order valence-corrected chi connectivity index (χ4v) is 4.98. The number of hydrogen-bond donors (Lipinski definition) is 0. The second-order valence-corrected chi connectivity index (χ2v) is 8.75. The van der Waals surface area contributed by atoms with E-state index in [4.69, 9.17) is 16.6 Å². The number of aromatic nitrogens is 2. The third kappa shape index (κ3) is 3.54. The maximum absolute atomic E-state index is 13.6. The van der Waals surface area contributed by atoms with E-state index in [-0.39, 0.29) is 5.56 Å². The monoisotopic (exact) mass is 433 g/mol. The Labute approximate surface area is 184 Å². The third-order valence-electron chi connectivity index (χ3n) is 5.24. The number of benzene rings is 2. The highest BCUT2D eigenvalue weighted by Gasteiger charge is 2.20. The Morgan fingerprint density at radius 1 is 1.20 bits per heavy atom. The van der Waals surface area contributed by atoms with E-state index in [1.165, 1.54) is 0 Å². The molecule has 0 spiro atoms. The molecular formula is C24H20ClN3OS. The van der Waals surface area contributed by atoms with Crippen LogP contribution in [0.25, 0.3) is 21.3 Å². The van der Waals surface area contributed by atoms with Crippen LogP contribution in [0, 0.1) is 25.2 Å². The summed E-state index contributed by atoms with van der Waals surface area (Å²) in [5.74, 6) is 0.664. The number of rotatable bonds is 4. The smallest absolute Gasteiger partial charge is 0.263 e. The van der Waals surface area contributed by atoms with Gasteiger partial charge < -0.3 is 0 Å². The molecule has 4 aromatic rings. The van der Waals surface area contributed by atoms with Gasteiger partial charge in [0.15, 0.2) is 0 Å². The van der Waals surface area contributed by atoms with Gasteiger partial charge in [-0.15, -0.1) is 11.3 Å². The van der Waals surface area contributed by atoms with E-state index in [2.05, 4.69) is 13.0 Å². The van der Waals surface area contributed by atoms with Crippen molar-refractivity contribution in [3.63, 3.8) is 0 Å². The zero-order valence-corrected chi connectivity index (χ0v) is 18.6. The molecule has 0 unspecified atom stereocenters. The second kappa shape index (κ2) is 8.06. The first-order valence-corrected chi connectivity index (χ1v) is 10.9. The van der Waals surface area contributed by atoms with Gasteiger partial charge in [-0.05, 0) is 61.2 Å². The van der Waals surface area contributed by atoms with E-state index < -0.39 is 0 Å². The lowest BCUT2D eigenvalue weighted by Crippen LogP contribution is -2.24. The van der Waals surface area contributed by atoms with Crippen LogP contribution in [0.3, 0.4) is 0 Å². The van der Waals surface area contributed by atoms with Crippen molar-refractivity contribution >= 4 is 33.2 Å². The predicted octanol–water partition coefficient (Wildman–Crippen LogP) is 5.88. The lowest BCUT2D eigenvalue weighted by molar-refractivity contribution is 0.714. The number of halogens is 1. The van der Waals surface area contributed by atoms with Gasteiger partial charge >= 0.3 is 0 Å². The minimum absolute atomic E-state index is 0.0570. The summed E-state index contributed by atoms with van der Waals surface area (Å²) in [4.78, 5) is 20.3. The van der Waals surface area contributed by atoms with Gasteiger partial charge in [0.1, 0.15) is 10.7 Å². The number of nitrogens with zero attached hydrogens (tertiary/aromatic N) is 3. The number of hydrogen-bond acceptors (Lipinski definition) is 4. The number of nitriles is 1. The summed E-state index contributed by atoms with van der Waals surface area (Å²) in [6.07, 6.45) is 0.820. The van der Waals surface area contributed by atoms with Crippen LogP contribution in [0.15, 0.2) is 47.3 Å². The van der Waals surface area contributed by atoms with Crippen molar-refractivity contribution in [2.75, 3.05) is 0 Å². The highest BCUT2D eigenvalue weighted by atomic mass is 35.5. The first-order valence-electron chi connectivity index (χ1n) is 9.71. The van der Waals surface area contributed by atoms with Crippen LogP contribution in [0.4, 0.5) is 0 Å². The van der Waals surface area contributed by atoms with Gasteiger partial charge in [0.25, 0.3) is 5.56 Å². The Morgan fingerprint density at radius 3 is 2.70 bits per heavy atom. The van der Waals surface area contributed by atoms with Crippen molar-refractivity contribution in [3.8, 4) is 17.2 Å². The molecular weight excluding hydrogens is 414 g/mol. The van der Waals surface area contributed by atoms with Gasteiger partial charge in [-0.2, -0.15) is 5.26 Å². The summed E-state index contributed by atoms with van der Waals surface area (Å²) in [6.45, 7) is 6.29. The van der Waals surface area contributed by atoms with Gasteiger partial charge in [0.2, 0.25) is 0 Å². The molecule has 0 aliphatic rings. The van der Waals surface area contributed by atoms with Gasteiger partial charge in [0, 0.05) is 15.5 Å². The van der Waals surface area contributed by atoms with Crippen LogP contribution < -0.4 is 5.56 Å². The van der Waals surface area contributed by atoms with E-state index in [0.29, 0.717) is 28.3 Å². The lowest BCUT2D eigenvalue weighted by atomic mass is 10.0. The van der Waals surface area contributed by atoms with E-state index in [0.717, 1.165) is 38.4 Å². The van der Waals surface area contributed by atoms with Crippen LogP contribution in [-0.4, -0.2) is 9.55 Å². The molecule has 0 radical (unpaired) electrons. The average molecular weight is 434 g/mol. The van der Waals surface area contributed by atoms with Crippen molar-refractivity contribution in [1.29, 1.82) is 5.26 Å². The third-order valence-corrected chi connectivity index (χ3v) is 6.89. The van der Waals surface area contributed by atoms with Crippen molar-refractivity contribution in [2.24, 2.45) is 0 Å². The molecule has 0 aliphatic heterocycles. The molecule has 0 fully saturated rings. The summed E-state index contributed by atoms with van der Waals surface area (Å²) in [5, 5.41) is 10.5. The molecule has 0 saturated heterocycles. The van der Waals surface area contributed by atoms with E-state index >= 15 is 0 Å². The topological polar surface area (TPSA) is 58.7 Å². The number of fused-ring (bicyclic) bond motifs is 1. The fourth-order valence-electron chi connectivity index (χ4n) is 3.69. The summed E-state index contributed by atoms with van der Waals surface area (Å²) in [7, 11) is 0.